The van der Waals surface area contributed by atoms with E-state index in [2.05, 4.69) is 91.8 Å². The number of pyridine rings is 1. The van der Waals surface area contributed by atoms with E-state index in [0.717, 1.165) is 33.1 Å². The van der Waals surface area contributed by atoms with Crippen LogP contribution >= 0.6 is 0 Å². The predicted molar refractivity (Wildman–Crippen MR) is 273 cm³/mol. The standard InChI is InChI=1S/C44H37N2O.C17H20N.Ir/c1-27(2)37-25-32(30-15-8-6-9-16-30)26-38(28(3)4)41(37)46-40-22-13-12-21-39(40)45-44(46)36-20-14-19-34-35-24-23-33(31-17-10-7-11-18-31)29(5)42(35)47-43(34)36;1-12-6-8-14(9-7-12)16-10-15(17(3,4)5)13(2)11-18-16;/h6-19,21-28H,1-5H3;6-8,10-11H,1-5H3;/q2*-1;/i5D3;1D3,2D3;. The third kappa shape index (κ3) is 8.83. The number of rotatable bonds is 7. The van der Waals surface area contributed by atoms with Crippen molar-refractivity contribution in [2.24, 2.45) is 0 Å². The molecule has 0 saturated heterocycles. The molecule has 5 heteroatoms. The first kappa shape index (κ1) is 35.8. The van der Waals surface area contributed by atoms with Crippen LogP contribution in [0.1, 0.15) is 106 Å². The first-order chi connectivity index (χ1) is 34.9. The molecule has 0 aliphatic rings. The molecule has 0 saturated carbocycles. The van der Waals surface area contributed by atoms with Gasteiger partial charge in [-0.05, 0) is 111 Å². The fourth-order valence-corrected chi connectivity index (χ4v) is 8.67. The maximum Gasteiger partial charge on any atom is 0.124 e. The number of para-hydroxylation sites is 2. The van der Waals surface area contributed by atoms with Crippen molar-refractivity contribution in [3.63, 3.8) is 0 Å². The molecule has 0 atom stereocenters. The van der Waals surface area contributed by atoms with Gasteiger partial charge in [-0.3, -0.25) is 4.98 Å². The number of furan rings is 1. The van der Waals surface area contributed by atoms with Gasteiger partial charge in [0.05, 0.1) is 22.4 Å². The number of aryl methyl sites for hydroxylation is 3. The molecule has 4 nitrogen and oxygen atoms in total. The summed E-state index contributed by atoms with van der Waals surface area (Å²) < 4.78 is 80.1. The minimum absolute atomic E-state index is 0. The molecule has 7 aromatic carbocycles. The third-order valence-corrected chi connectivity index (χ3v) is 12.0. The Morgan fingerprint density at radius 2 is 1.35 bits per heavy atom. The van der Waals surface area contributed by atoms with E-state index in [1.54, 1.807) is 12.1 Å². The average Bonchev–Trinajstić information content (AvgIpc) is 3.94. The quantitative estimate of drug-likeness (QED) is 0.149. The van der Waals surface area contributed by atoms with Gasteiger partial charge >= 0.3 is 0 Å². The molecule has 1 radical (unpaired) electrons. The van der Waals surface area contributed by atoms with Crippen LogP contribution in [0.2, 0.25) is 0 Å². The fourth-order valence-electron chi connectivity index (χ4n) is 8.67. The summed E-state index contributed by atoms with van der Waals surface area (Å²) in [6, 6.07) is 53.5. The molecule has 0 bridgehead atoms. The molecule has 333 valence electrons. The Morgan fingerprint density at radius 1 is 0.667 bits per heavy atom. The fraction of sp³-hybridized carbons (Fsp3) is 0.213. The molecule has 0 spiro atoms. The summed E-state index contributed by atoms with van der Waals surface area (Å²) in [4.78, 5) is 9.51. The van der Waals surface area contributed by atoms with E-state index in [1.165, 1.54) is 40.6 Å². The Kier molecular flexibility index (Phi) is 10.2. The van der Waals surface area contributed by atoms with Crippen molar-refractivity contribution in [2.45, 2.75) is 86.3 Å². The second-order valence-electron chi connectivity index (χ2n) is 18.2. The number of aromatic nitrogens is 3. The van der Waals surface area contributed by atoms with E-state index in [4.69, 9.17) is 21.7 Å². The Balaban J connectivity index is 0.000000252. The molecular weight excluding hydrogens is 983 g/mol. The summed E-state index contributed by atoms with van der Waals surface area (Å²) in [5, 5.41) is 1.58. The number of hydrogen-bond acceptors (Lipinski definition) is 3. The number of fused-ring (bicyclic) bond motifs is 4. The van der Waals surface area contributed by atoms with Crippen LogP contribution in [0.25, 0.3) is 83.6 Å². The minimum atomic E-state index is -2.41. The Bertz CT molecular complexity index is 3630. The molecular formula is C61H57IrN3O-2. The van der Waals surface area contributed by atoms with Gasteiger partial charge in [-0.1, -0.05) is 157 Å². The Morgan fingerprint density at radius 3 is 1.98 bits per heavy atom. The summed E-state index contributed by atoms with van der Waals surface area (Å²) in [6.45, 7) is 7.98. The van der Waals surface area contributed by atoms with Crippen molar-refractivity contribution in [2.75, 3.05) is 0 Å². The van der Waals surface area contributed by atoms with Gasteiger partial charge in [0.1, 0.15) is 5.58 Å². The molecule has 3 heterocycles. The van der Waals surface area contributed by atoms with E-state index < -0.39 is 20.6 Å². The summed E-state index contributed by atoms with van der Waals surface area (Å²) >= 11 is 0. The number of imidazole rings is 1. The topological polar surface area (TPSA) is 43.9 Å². The molecule has 0 aliphatic carbocycles. The molecule has 0 amide bonds. The smallest absolute Gasteiger partial charge is 0.124 e. The molecule has 0 fully saturated rings. The monoisotopic (exact) mass is 1050 g/mol. The second-order valence-corrected chi connectivity index (χ2v) is 18.2. The number of hydrogen-bond donors (Lipinski definition) is 0. The molecule has 0 unspecified atom stereocenters. The van der Waals surface area contributed by atoms with Gasteiger partial charge in [-0.25, -0.2) is 0 Å². The number of nitrogens with zero attached hydrogens (tertiary/aromatic N) is 3. The van der Waals surface area contributed by atoms with Crippen LogP contribution in [0.4, 0.5) is 0 Å². The summed E-state index contributed by atoms with van der Waals surface area (Å²) in [6.07, 6.45) is 1.38. The van der Waals surface area contributed by atoms with Crippen molar-refractivity contribution < 1.29 is 36.9 Å². The van der Waals surface area contributed by atoms with Crippen molar-refractivity contribution in [1.82, 2.24) is 14.5 Å². The average molecular weight is 1050 g/mol. The van der Waals surface area contributed by atoms with E-state index >= 15 is 0 Å². The summed E-state index contributed by atoms with van der Waals surface area (Å²) in [5.41, 5.74) is 13.0. The first-order valence-corrected chi connectivity index (χ1v) is 22.1. The van der Waals surface area contributed by atoms with Crippen LogP contribution in [0, 0.1) is 32.7 Å². The molecule has 66 heavy (non-hydrogen) atoms. The molecule has 0 N–H and O–H groups in total. The second kappa shape index (κ2) is 18.8. The maximum atomic E-state index is 8.61. The van der Waals surface area contributed by atoms with Crippen LogP contribution in [0.15, 0.2) is 156 Å². The van der Waals surface area contributed by atoms with Crippen molar-refractivity contribution in [1.29, 1.82) is 0 Å². The normalized spacial score (nSPS) is 14.2. The molecule has 0 aliphatic heterocycles. The van der Waals surface area contributed by atoms with Crippen LogP contribution < -0.4 is 0 Å². The summed E-state index contributed by atoms with van der Waals surface area (Å²) in [7, 11) is 0. The molecule has 10 rings (SSSR count). The zero-order chi connectivity index (χ0) is 53.1. The van der Waals surface area contributed by atoms with Gasteiger partial charge in [0.15, 0.2) is 0 Å². The van der Waals surface area contributed by atoms with E-state index in [0.29, 0.717) is 44.9 Å². The van der Waals surface area contributed by atoms with Gasteiger partial charge in [0, 0.05) is 49.7 Å². The van der Waals surface area contributed by atoms with Crippen LogP contribution in [-0.4, -0.2) is 14.5 Å². The van der Waals surface area contributed by atoms with Gasteiger partial charge in [-0.15, -0.1) is 53.6 Å². The zero-order valence-corrected chi connectivity index (χ0v) is 40.6. The van der Waals surface area contributed by atoms with Crippen LogP contribution in [-0.2, 0) is 25.5 Å². The van der Waals surface area contributed by atoms with E-state index in [9.17, 15) is 0 Å². The van der Waals surface area contributed by atoms with Gasteiger partial charge < -0.3 is 14.0 Å². The number of benzene rings is 7. The van der Waals surface area contributed by atoms with Crippen molar-refractivity contribution >= 4 is 33.0 Å². The van der Waals surface area contributed by atoms with Crippen molar-refractivity contribution in [3.8, 4) is 50.6 Å². The van der Waals surface area contributed by atoms with E-state index in [-0.39, 0.29) is 54.0 Å². The molecule has 10 aromatic rings. The Hall–Kier alpha value is -6.39. The third-order valence-electron chi connectivity index (χ3n) is 12.0. The predicted octanol–water partition coefficient (Wildman–Crippen LogP) is 16.7. The van der Waals surface area contributed by atoms with Crippen molar-refractivity contribution in [3.05, 3.63) is 197 Å². The van der Waals surface area contributed by atoms with Crippen LogP contribution in [0.5, 0.6) is 0 Å². The zero-order valence-electron chi connectivity index (χ0n) is 47.2. The first-order valence-electron chi connectivity index (χ1n) is 26.6. The van der Waals surface area contributed by atoms with Crippen LogP contribution in [0.3, 0.4) is 0 Å². The van der Waals surface area contributed by atoms with Gasteiger partial charge in [0.2, 0.25) is 0 Å². The SMILES string of the molecule is [2H]C([2H])([2H])c1c(-c2ccccc2)ccc2c1oc1c(-c3nc4ccccc4n3-c3c(C(C)C)cc(-c4ccccc4)cc3C(C)C)[c-]ccc12.[2H]C([2H])([2H])c1c[c-]c(-c2cc(C(C)(C)C)c(C([2H])([2H])[2H])cn2)cc1.[Ir]. The summed E-state index contributed by atoms with van der Waals surface area (Å²) in [5.74, 6) is 1.12. The largest absolute Gasteiger partial charge is 0.500 e. The maximum absolute atomic E-state index is 8.61. The molecule has 3 aromatic heterocycles. The van der Waals surface area contributed by atoms with E-state index in [1.807, 2.05) is 99.6 Å². The minimum Gasteiger partial charge on any atom is -0.500 e. The van der Waals surface area contributed by atoms with Gasteiger partial charge in [0.25, 0.3) is 0 Å². The Labute approximate surface area is 416 Å². The van der Waals surface area contributed by atoms with Gasteiger partial charge in [-0.2, -0.15) is 0 Å².